The fraction of sp³-hybridized carbons (Fsp3) is 0.276. The Bertz CT molecular complexity index is 1370. The number of rotatable bonds is 6. The van der Waals surface area contributed by atoms with Crippen molar-refractivity contribution in [3.8, 4) is 0 Å². The maximum Gasteiger partial charge on any atom is 0.261 e. The first-order chi connectivity index (χ1) is 17.2. The quantitative estimate of drug-likeness (QED) is 0.435. The summed E-state index contributed by atoms with van der Waals surface area (Å²) in [6, 6.07) is 24.1. The number of aromatic amines is 1. The summed E-state index contributed by atoms with van der Waals surface area (Å²) >= 11 is 0. The van der Waals surface area contributed by atoms with Crippen LogP contribution < -0.4 is 10.9 Å². The number of fused-ring (bicyclic) bond motifs is 1. The molecule has 1 saturated heterocycles. The molecule has 0 bridgehead atoms. The molecule has 1 aliphatic rings. The third-order valence-corrected chi connectivity index (χ3v) is 6.80. The standard InChI is InChI=1S/C29H30N4O2/c34-28(31-19-21-17-24-9-4-5-11-27(24)30-18-21)26-13-12-25(32-29(26)35)20-33-15-6-10-23(14-16-33)22-7-2-1-3-8-22/h1-5,7-9,11-13,17-18,23H,6,10,14-16,19-20H2,(H,31,34)(H,32,35)/t23-/m0/s1. The van der Waals surface area contributed by atoms with Crippen LogP contribution in [0.25, 0.3) is 10.9 Å². The number of carbonyl (C=O) groups excluding carboxylic acids is 1. The molecule has 2 aromatic carbocycles. The fourth-order valence-corrected chi connectivity index (χ4v) is 4.89. The molecule has 1 fully saturated rings. The van der Waals surface area contributed by atoms with Gasteiger partial charge in [0.25, 0.3) is 11.5 Å². The van der Waals surface area contributed by atoms with E-state index in [9.17, 15) is 9.59 Å². The van der Waals surface area contributed by atoms with Gasteiger partial charge in [-0.3, -0.25) is 19.5 Å². The van der Waals surface area contributed by atoms with Gasteiger partial charge in [0, 0.05) is 30.4 Å². The van der Waals surface area contributed by atoms with Crippen molar-refractivity contribution in [2.24, 2.45) is 0 Å². The molecule has 1 atom stereocenters. The molecule has 35 heavy (non-hydrogen) atoms. The van der Waals surface area contributed by atoms with Gasteiger partial charge in [-0.15, -0.1) is 0 Å². The Labute approximate surface area is 205 Å². The summed E-state index contributed by atoms with van der Waals surface area (Å²) in [5, 5.41) is 3.86. The minimum atomic E-state index is -0.383. The van der Waals surface area contributed by atoms with Crippen LogP contribution in [0.1, 0.15) is 52.4 Å². The summed E-state index contributed by atoms with van der Waals surface area (Å²) < 4.78 is 0. The summed E-state index contributed by atoms with van der Waals surface area (Å²) in [6.45, 7) is 2.99. The molecule has 2 aromatic heterocycles. The molecule has 3 heterocycles. The first-order valence-corrected chi connectivity index (χ1v) is 12.3. The van der Waals surface area contributed by atoms with E-state index in [0.29, 0.717) is 19.0 Å². The molecule has 0 aliphatic carbocycles. The number of pyridine rings is 2. The lowest BCUT2D eigenvalue weighted by molar-refractivity contribution is 0.0949. The highest BCUT2D eigenvalue weighted by Crippen LogP contribution is 2.28. The maximum atomic E-state index is 12.7. The van der Waals surface area contributed by atoms with E-state index in [4.69, 9.17) is 0 Å². The number of benzene rings is 2. The van der Waals surface area contributed by atoms with Crippen molar-refractivity contribution >= 4 is 16.8 Å². The largest absolute Gasteiger partial charge is 0.348 e. The minimum Gasteiger partial charge on any atom is -0.348 e. The zero-order valence-corrected chi connectivity index (χ0v) is 19.7. The van der Waals surface area contributed by atoms with Crippen molar-refractivity contribution in [3.05, 3.63) is 112 Å². The van der Waals surface area contributed by atoms with Crippen LogP contribution in [0, 0.1) is 0 Å². The number of amides is 1. The van der Waals surface area contributed by atoms with Gasteiger partial charge in [0.1, 0.15) is 5.56 Å². The zero-order valence-electron chi connectivity index (χ0n) is 19.7. The number of likely N-dealkylation sites (tertiary alicyclic amines) is 1. The Kier molecular flexibility index (Phi) is 7.00. The van der Waals surface area contributed by atoms with E-state index in [1.54, 1.807) is 12.3 Å². The molecule has 0 spiro atoms. The smallest absolute Gasteiger partial charge is 0.261 e. The molecule has 0 radical (unpaired) electrons. The number of nitrogens with zero attached hydrogens (tertiary/aromatic N) is 2. The topological polar surface area (TPSA) is 78.1 Å². The third kappa shape index (κ3) is 5.66. The zero-order chi connectivity index (χ0) is 24.0. The van der Waals surface area contributed by atoms with Gasteiger partial charge in [-0.25, -0.2) is 0 Å². The van der Waals surface area contributed by atoms with Crippen molar-refractivity contribution in [1.29, 1.82) is 0 Å². The number of nitrogens with one attached hydrogen (secondary N) is 2. The Morgan fingerprint density at radius 2 is 1.83 bits per heavy atom. The van der Waals surface area contributed by atoms with Gasteiger partial charge >= 0.3 is 0 Å². The molecular formula is C29H30N4O2. The number of hydrogen-bond acceptors (Lipinski definition) is 4. The molecular weight excluding hydrogens is 436 g/mol. The van der Waals surface area contributed by atoms with Gasteiger partial charge < -0.3 is 10.3 Å². The molecule has 2 N–H and O–H groups in total. The lowest BCUT2D eigenvalue weighted by Gasteiger charge is -2.20. The summed E-state index contributed by atoms with van der Waals surface area (Å²) in [6.07, 6.45) is 5.18. The molecule has 4 aromatic rings. The summed E-state index contributed by atoms with van der Waals surface area (Å²) in [5.74, 6) is 0.204. The Morgan fingerprint density at radius 1 is 1.00 bits per heavy atom. The SMILES string of the molecule is O=C(NCc1cnc2ccccc2c1)c1ccc(CN2CCC[C@H](c3ccccc3)CC2)[nH]c1=O. The monoisotopic (exact) mass is 466 g/mol. The van der Waals surface area contributed by atoms with E-state index in [1.165, 1.54) is 12.0 Å². The van der Waals surface area contributed by atoms with Gasteiger partial charge in [-0.1, -0.05) is 48.5 Å². The lowest BCUT2D eigenvalue weighted by Crippen LogP contribution is -2.31. The minimum absolute atomic E-state index is 0.127. The van der Waals surface area contributed by atoms with Crippen LogP contribution >= 0.6 is 0 Å². The van der Waals surface area contributed by atoms with Crippen molar-refractivity contribution in [1.82, 2.24) is 20.2 Å². The van der Waals surface area contributed by atoms with Crippen molar-refractivity contribution < 1.29 is 4.79 Å². The normalized spacial score (nSPS) is 16.6. The molecule has 5 rings (SSSR count). The molecule has 1 aliphatic heterocycles. The maximum absolute atomic E-state index is 12.7. The van der Waals surface area contributed by atoms with E-state index in [-0.39, 0.29) is 17.0 Å². The number of H-pyrrole nitrogens is 1. The second-order valence-corrected chi connectivity index (χ2v) is 9.26. The van der Waals surface area contributed by atoms with Gasteiger partial charge in [-0.2, -0.15) is 0 Å². The molecule has 1 amide bonds. The van der Waals surface area contributed by atoms with Crippen LogP contribution in [0.2, 0.25) is 0 Å². The molecule has 0 saturated carbocycles. The van der Waals surface area contributed by atoms with Crippen molar-refractivity contribution in [2.75, 3.05) is 13.1 Å². The van der Waals surface area contributed by atoms with Crippen LogP contribution in [0.5, 0.6) is 0 Å². The van der Waals surface area contributed by atoms with Crippen molar-refractivity contribution in [2.45, 2.75) is 38.3 Å². The Balaban J connectivity index is 1.18. The second-order valence-electron chi connectivity index (χ2n) is 9.26. The molecule has 6 heteroatoms. The highest BCUT2D eigenvalue weighted by molar-refractivity contribution is 5.93. The predicted molar refractivity (Wildman–Crippen MR) is 138 cm³/mol. The van der Waals surface area contributed by atoms with E-state index >= 15 is 0 Å². The average Bonchev–Trinajstić information content (AvgIpc) is 3.13. The third-order valence-electron chi connectivity index (χ3n) is 6.80. The lowest BCUT2D eigenvalue weighted by atomic mass is 9.92. The van der Waals surface area contributed by atoms with E-state index < -0.39 is 0 Å². The number of aromatic nitrogens is 2. The Morgan fingerprint density at radius 3 is 2.69 bits per heavy atom. The summed E-state index contributed by atoms with van der Waals surface area (Å²) in [7, 11) is 0. The van der Waals surface area contributed by atoms with Crippen molar-refractivity contribution in [3.63, 3.8) is 0 Å². The van der Waals surface area contributed by atoms with Crippen LogP contribution in [0.4, 0.5) is 0 Å². The van der Waals surface area contributed by atoms with Crippen LogP contribution in [-0.4, -0.2) is 33.9 Å². The average molecular weight is 467 g/mol. The molecule has 178 valence electrons. The molecule has 0 unspecified atom stereocenters. The van der Waals surface area contributed by atoms with E-state index in [1.807, 2.05) is 36.4 Å². The fourth-order valence-electron chi connectivity index (χ4n) is 4.89. The highest BCUT2D eigenvalue weighted by atomic mass is 16.2. The first-order valence-electron chi connectivity index (χ1n) is 12.3. The van der Waals surface area contributed by atoms with Gasteiger partial charge in [0.15, 0.2) is 0 Å². The second kappa shape index (κ2) is 10.7. The van der Waals surface area contributed by atoms with Gasteiger partial charge in [0.2, 0.25) is 0 Å². The Hall–Kier alpha value is -3.77. The number of carbonyl (C=O) groups is 1. The van der Waals surface area contributed by atoms with Gasteiger partial charge in [0.05, 0.1) is 5.52 Å². The van der Waals surface area contributed by atoms with Gasteiger partial charge in [-0.05, 0) is 73.7 Å². The number of hydrogen-bond donors (Lipinski definition) is 2. The van der Waals surface area contributed by atoms with Crippen LogP contribution in [-0.2, 0) is 13.1 Å². The molecule has 6 nitrogen and oxygen atoms in total. The van der Waals surface area contributed by atoms with E-state index in [2.05, 4.69) is 50.5 Å². The summed E-state index contributed by atoms with van der Waals surface area (Å²) in [4.78, 5) is 35.1. The predicted octanol–water partition coefficient (Wildman–Crippen LogP) is 4.62. The van der Waals surface area contributed by atoms with Crippen LogP contribution in [0.3, 0.4) is 0 Å². The highest BCUT2D eigenvalue weighted by Gasteiger charge is 2.19. The van der Waals surface area contributed by atoms with Crippen LogP contribution in [0.15, 0.2) is 83.8 Å². The number of para-hydroxylation sites is 1. The summed E-state index contributed by atoms with van der Waals surface area (Å²) in [5.41, 5.74) is 3.83. The first kappa shape index (κ1) is 23.0. The van der Waals surface area contributed by atoms with E-state index in [0.717, 1.165) is 48.1 Å².